The van der Waals surface area contributed by atoms with Crippen LogP contribution in [0.1, 0.15) is 18.4 Å². The van der Waals surface area contributed by atoms with Gasteiger partial charge in [-0.2, -0.15) is 0 Å². The van der Waals surface area contributed by atoms with Crippen LogP contribution in [0.3, 0.4) is 0 Å². The third kappa shape index (κ3) is 2.50. The fourth-order valence-electron chi connectivity index (χ4n) is 2.15. The Morgan fingerprint density at radius 3 is 2.95 bits per heavy atom. The van der Waals surface area contributed by atoms with Gasteiger partial charge in [-0.3, -0.25) is 0 Å². The van der Waals surface area contributed by atoms with Gasteiger partial charge in [0, 0.05) is 5.56 Å². The van der Waals surface area contributed by atoms with Gasteiger partial charge in [-0.05, 0) is 40.9 Å². The molecular weight excluding hydrogens is 340 g/mol. The van der Waals surface area contributed by atoms with Gasteiger partial charge in [0.2, 0.25) is 0 Å². The molecule has 1 aliphatic heterocycles. The lowest BCUT2D eigenvalue weighted by Gasteiger charge is -2.20. The zero-order chi connectivity index (χ0) is 14.1. The third-order valence-corrected chi connectivity index (χ3v) is 4.57. The minimum Gasteiger partial charge on any atom is -0.486 e. The molecule has 0 aliphatic carbocycles. The molecule has 1 aromatic carbocycles. The molecule has 2 heterocycles. The van der Waals surface area contributed by atoms with Gasteiger partial charge in [0.1, 0.15) is 23.9 Å². The van der Waals surface area contributed by atoms with Crippen LogP contribution in [-0.4, -0.2) is 18.2 Å². The molecular formula is C14H15BrN2O2S. The van der Waals surface area contributed by atoms with E-state index < -0.39 is 0 Å². The van der Waals surface area contributed by atoms with Crippen molar-refractivity contribution in [2.24, 2.45) is 0 Å². The quantitative estimate of drug-likeness (QED) is 0.908. The molecule has 0 saturated carbocycles. The molecule has 0 saturated heterocycles. The van der Waals surface area contributed by atoms with E-state index in [-0.39, 0.29) is 0 Å². The van der Waals surface area contributed by atoms with Gasteiger partial charge >= 0.3 is 0 Å². The molecule has 2 aromatic rings. The van der Waals surface area contributed by atoms with E-state index in [1.54, 1.807) is 11.3 Å². The Labute approximate surface area is 130 Å². The number of nitrogen functional groups attached to an aromatic ring is 1. The topological polar surface area (TPSA) is 57.4 Å². The van der Waals surface area contributed by atoms with E-state index in [0.29, 0.717) is 13.2 Å². The number of halogens is 1. The van der Waals surface area contributed by atoms with Crippen molar-refractivity contribution >= 4 is 32.3 Å². The number of hydrogen-bond acceptors (Lipinski definition) is 5. The molecule has 6 heteroatoms. The molecule has 0 radical (unpaired) electrons. The van der Waals surface area contributed by atoms with Gasteiger partial charge in [-0.25, -0.2) is 4.98 Å². The molecule has 0 unspecified atom stereocenters. The molecule has 2 N–H and O–H groups in total. The number of thiazole rings is 1. The highest BCUT2D eigenvalue weighted by Gasteiger charge is 2.19. The van der Waals surface area contributed by atoms with Gasteiger partial charge < -0.3 is 15.2 Å². The first-order valence-corrected chi connectivity index (χ1v) is 8.14. The van der Waals surface area contributed by atoms with Crippen LogP contribution in [-0.2, 0) is 6.42 Å². The molecule has 0 fully saturated rings. The lowest BCUT2D eigenvalue weighted by atomic mass is 10.1. The number of aryl methyl sites for hydroxylation is 1. The van der Waals surface area contributed by atoms with Crippen molar-refractivity contribution < 1.29 is 9.47 Å². The number of aromatic nitrogens is 1. The van der Waals surface area contributed by atoms with Crippen molar-refractivity contribution in [3.05, 3.63) is 21.6 Å². The standard InChI is InChI=1S/C14H15BrN2O2S/c1-2-3-11-17-12(14(16)20-11)8-6-9(15)13-10(7-8)18-4-5-19-13/h6-7H,2-5,16H2,1H3. The Balaban J connectivity index is 2.04. The fraction of sp³-hybridized carbons (Fsp3) is 0.357. The van der Waals surface area contributed by atoms with Gasteiger partial charge in [0.25, 0.3) is 0 Å². The summed E-state index contributed by atoms with van der Waals surface area (Å²) in [6.07, 6.45) is 2.03. The normalized spacial score (nSPS) is 13.5. The Bertz CT molecular complexity index is 642. The van der Waals surface area contributed by atoms with Crippen molar-refractivity contribution in [2.45, 2.75) is 19.8 Å². The number of nitrogens with two attached hydrogens (primary N) is 1. The second kappa shape index (κ2) is 5.61. The second-order valence-corrected chi connectivity index (χ2v) is 6.52. The highest BCUT2D eigenvalue weighted by Crippen LogP contribution is 2.42. The van der Waals surface area contributed by atoms with E-state index in [1.807, 2.05) is 12.1 Å². The number of benzene rings is 1. The molecule has 0 amide bonds. The smallest absolute Gasteiger partial charge is 0.175 e. The average Bonchev–Trinajstić information content (AvgIpc) is 2.80. The molecule has 0 spiro atoms. The summed E-state index contributed by atoms with van der Waals surface area (Å²) in [5.74, 6) is 1.49. The Morgan fingerprint density at radius 2 is 2.15 bits per heavy atom. The minimum atomic E-state index is 0.566. The zero-order valence-electron chi connectivity index (χ0n) is 11.1. The van der Waals surface area contributed by atoms with Gasteiger partial charge in [-0.1, -0.05) is 6.92 Å². The zero-order valence-corrected chi connectivity index (χ0v) is 13.5. The number of fused-ring (bicyclic) bond motifs is 1. The predicted molar refractivity (Wildman–Crippen MR) is 84.6 cm³/mol. The number of rotatable bonds is 3. The molecule has 3 rings (SSSR count). The maximum Gasteiger partial charge on any atom is 0.175 e. The maximum atomic E-state index is 6.10. The summed E-state index contributed by atoms with van der Waals surface area (Å²) in [4.78, 5) is 4.64. The maximum absolute atomic E-state index is 6.10. The van der Waals surface area contributed by atoms with Crippen LogP contribution in [0.5, 0.6) is 11.5 Å². The fourth-order valence-corrected chi connectivity index (χ4v) is 3.67. The van der Waals surface area contributed by atoms with Gasteiger partial charge in [-0.15, -0.1) is 11.3 Å². The highest BCUT2D eigenvalue weighted by atomic mass is 79.9. The van der Waals surface area contributed by atoms with Gasteiger partial charge in [0.15, 0.2) is 11.5 Å². The lowest BCUT2D eigenvalue weighted by molar-refractivity contribution is 0.170. The van der Waals surface area contributed by atoms with Crippen LogP contribution in [0.15, 0.2) is 16.6 Å². The first-order valence-electron chi connectivity index (χ1n) is 6.53. The molecule has 1 aliphatic rings. The number of anilines is 1. The summed E-state index contributed by atoms with van der Waals surface area (Å²) in [5.41, 5.74) is 7.88. The first-order chi connectivity index (χ1) is 9.69. The van der Waals surface area contributed by atoms with Crippen LogP contribution in [0, 0.1) is 0 Å². The summed E-state index contributed by atoms with van der Waals surface area (Å²) in [5, 5.41) is 1.82. The van der Waals surface area contributed by atoms with Crippen molar-refractivity contribution in [3.8, 4) is 22.8 Å². The van der Waals surface area contributed by atoms with Crippen LogP contribution in [0.4, 0.5) is 5.00 Å². The average molecular weight is 355 g/mol. The molecule has 0 atom stereocenters. The van der Waals surface area contributed by atoms with Crippen LogP contribution < -0.4 is 15.2 Å². The second-order valence-electron chi connectivity index (χ2n) is 4.55. The van der Waals surface area contributed by atoms with E-state index in [2.05, 4.69) is 27.8 Å². The van der Waals surface area contributed by atoms with E-state index in [4.69, 9.17) is 15.2 Å². The minimum absolute atomic E-state index is 0.566. The predicted octanol–water partition coefficient (Wildman–Crippen LogP) is 3.88. The summed E-state index contributed by atoms with van der Waals surface area (Å²) in [7, 11) is 0. The summed E-state index contributed by atoms with van der Waals surface area (Å²) in [6, 6.07) is 3.93. The van der Waals surface area contributed by atoms with E-state index >= 15 is 0 Å². The van der Waals surface area contributed by atoms with E-state index in [0.717, 1.165) is 50.1 Å². The van der Waals surface area contributed by atoms with Crippen molar-refractivity contribution in [1.82, 2.24) is 4.98 Å². The molecule has 0 bridgehead atoms. The van der Waals surface area contributed by atoms with Crippen molar-refractivity contribution in [2.75, 3.05) is 18.9 Å². The summed E-state index contributed by atoms with van der Waals surface area (Å²) >= 11 is 5.08. The summed E-state index contributed by atoms with van der Waals surface area (Å²) < 4.78 is 12.1. The molecule has 106 valence electrons. The highest BCUT2D eigenvalue weighted by molar-refractivity contribution is 9.10. The molecule has 20 heavy (non-hydrogen) atoms. The van der Waals surface area contributed by atoms with Crippen LogP contribution >= 0.6 is 27.3 Å². The van der Waals surface area contributed by atoms with Crippen LogP contribution in [0.2, 0.25) is 0 Å². The summed E-state index contributed by atoms with van der Waals surface area (Å²) in [6.45, 7) is 3.28. The number of ether oxygens (including phenoxy) is 2. The number of hydrogen-bond donors (Lipinski definition) is 1. The van der Waals surface area contributed by atoms with Crippen LogP contribution in [0.25, 0.3) is 11.3 Å². The SMILES string of the molecule is CCCc1nc(-c2cc(Br)c3c(c2)OCCO3)c(N)s1. The molecule has 1 aromatic heterocycles. The van der Waals surface area contributed by atoms with E-state index in [1.165, 1.54) is 0 Å². The Hall–Kier alpha value is -1.27. The van der Waals surface area contributed by atoms with Crippen molar-refractivity contribution in [3.63, 3.8) is 0 Å². The Kier molecular flexibility index (Phi) is 3.85. The lowest BCUT2D eigenvalue weighted by Crippen LogP contribution is -2.15. The van der Waals surface area contributed by atoms with Crippen molar-refractivity contribution in [1.29, 1.82) is 0 Å². The Morgan fingerprint density at radius 1 is 1.35 bits per heavy atom. The third-order valence-electron chi connectivity index (χ3n) is 3.03. The number of nitrogens with zero attached hydrogens (tertiary/aromatic N) is 1. The van der Waals surface area contributed by atoms with Gasteiger partial charge in [0.05, 0.1) is 9.48 Å². The molecule has 4 nitrogen and oxygen atoms in total. The largest absolute Gasteiger partial charge is 0.486 e. The van der Waals surface area contributed by atoms with E-state index in [9.17, 15) is 0 Å². The monoisotopic (exact) mass is 354 g/mol. The first kappa shape index (κ1) is 13.7.